The van der Waals surface area contributed by atoms with Crippen molar-refractivity contribution < 1.29 is 9.53 Å². The molecule has 0 saturated carbocycles. The van der Waals surface area contributed by atoms with E-state index in [1.807, 2.05) is 11.5 Å². The molecule has 0 fully saturated rings. The SMILES string of the molecule is CCn1cc(N)cc1C(=O)NCCOCC(C)C. The van der Waals surface area contributed by atoms with Crippen LogP contribution in [0, 0.1) is 5.92 Å². The first-order valence-electron chi connectivity index (χ1n) is 6.36. The van der Waals surface area contributed by atoms with Crippen molar-refractivity contribution in [3.8, 4) is 0 Å². The number of aryl methyl sites for hydroxylation is 1. The molecule has 0 bridgehead atoms. The van der Waals surface area contributed by atoms with Gasteiger partial charge in [-0.15, -0.1) is 0 Å². The van der Waals surface area contributed by atoms with Crippen molar-refractivity contribution in [3.63, 3.8) is 0 Å². The molecule has 0 aliphatic rings. The summed E-state index contributed by atoms with van der Waals surface area (Å²) in [4.78, 5) is 11.9. The molecule has 0 aromatic carbocycles. The zero-order valence-corrected chi connectivity index (χ0v) is 11.4. The van der Waals surface area contributed by atoms with Gasteiger partial charge in [-0.05, 0) is 18.9 Å². The number of nitrogen functional groups attached to an aromatic ring is 1. The van der Waals surface area contributed by atoms with Gasteiger partial charge in [-0.2, -0.15) is 0 Å². The van der Waals surface area contributed by atoms with Gasteiger partial charge in [0.15, 0.2) is 0 Å². The van der Waals surface area contributed by atoms with Crippen molar-refractivity contribution in [2.75, 3.05) is 25.5 Å². The van der Waals surface area contributed by atoms with Crippen molar-refractivity contribution >= 4 is 11.6 Å². The standard InChI is InChI=1S/C13H23N3O2/c1-4-16-8-11(14)7-12(16)13(17)15-5-6-18-9-10(2)3/h7-8,10H,4-6,9,14H2,1-3H3,(H,15,17). The number of amides is 1. The van der Waals surface area contributed by atoms with Gasteiger partial charge in [0.1, 0.15) is 5.69 Å². The molecule has 0 aliphatic heterocycles. The van der Waals surface area contributed by atoms with Crippen molar-refractivity contribution in [3.05, 3.63) is 18.0 Å². The molecule has 3 N–H and O–H groups in total. The maximum absolute atomic E-state index is 11.9. The van der Waals surface area contributed by atoms with Crippen molar-refractivity contribution in [1.29, 1.82) is 0 Å². The fourth-order valence-electron chi connectivity index (χ4n) is 1.63. The summed E-state index contributed by atoms with van der Waals surface area (Å²) >= 11 is 0. The predicted octanol–water partition coefficient (Wildman–Crippen LogP) is 1.49. The van der Waals surface area contributed by atoms with Crippen LogP contribution in [0.3, 0.4) is 0 Å². The summed E-state index contributed by atoms with van der Waals surface area (Å²) in [5.74, 6) is 0.402. The van der Waals surface area contributed by atoms with E-state index in [4.69, 9.17) is 10.5 Å². The van der Waals surface area contributed by atoms with E-state index in [-0.39, 0.29) is 5.91 Å². The van der Waals surface area contributed by atoms with Crippen LogP contribution in [-0.4, -0.2) is 30.2 Å². The highest BCUT2D eigenvalue weighted by Gasteiger charge is 2.11. The Bertz CT molecular complexity index is 386. The molecule has 1 rings (SSSR count). The minimum Gasteiger partial charge on any atom is -0.397 e. The number of ether oxygens (including phenoxy) is 1. The number of rotatable bonds is 7. The highest BCUT2D eigenvalue weighted by Crippen LogP contribution is 2.10. The zero-order valence-electron chi connectivity index (χ0n) is 11.4. The number of carbonyl (C=O) groups is 1. The minimum absolute atomic E-state index is 0.110. The van der Waals surface area contributed by atoms with E-state index in [1.54, 1.807) is 12.3 Å². The molecule has 1 aromatic rings. The molecule has 0 aliphatic carbocycles. The summed E-state index contributed by atoms with van der Waals surface area (Å²) in [5, 5.41) is 2.82. The van der Waals surface area contributed by atoms with Gasteiger partial charge in [-0.3, -0.25) is 4.79 Å². The minimum atomic E-state index is -0.110. The average molecular weight is 253 g/mol. The van der Waals surface area contributed by atoms with Crippen molar-refractivity contribution in [2.45, 2.75) is 27.3 Å². The van der Waals surface area contributed by atoms with Crippen molar-refractivity contribution in [2.24, 2.45) is 5.92 Å². The lowest BCUT2D eigenvalue weighted by Crippen LogP contribution is -2.29. The lowest BCUT2D eigenvalue weighted by molar-refractivity contribution is 0.0878. The molecule has 18 heavy (non-hydrogen) atoms. The fraction of sp³-hybridized carbons (Fsp3) is 0.615. The maximum Gasteiger partial charge on any atom is 0.268 e. The highest BCUT2D eigenvalue weighted by molar-refractivity contribution is 5.93. The topological polar surface area (TPSA) is 69.3 Å². The molecule has 1 aromatic heterocycles. The van der Waals surface area contributed by atoms with Crippen LogP contribution in [0.15, 0.2) is 12.3 Å². The summed E-state index contributed by atoms with van der Waals surface area (Å²) in [6, 6.07) is 1.69. The molecule has 0 unspecified atom stereocenters. The Morgan fingerprint density at radius 2 is 2.28 bits per heavy atom. The molecule has 102 valence electrons. The Morgan fingerprint density at radius 1 is 1.56 bits per heavy atom. The summed E-state index contributed by atoms with van der Waals surface area (Å²) in [6.07, 6.45) is 1.77. The molecule has 0 saturated heterocycles. The van der Waals surface area contributed by atoms with Crippen LogP contribution in [0.4, 0.5) is 5.69 Å². The summed E-state index contributed by atoms with van der Waals surface area (Å²) in [5.41, 5.74) is 6.88. The maximum atomic E-state index is 11.9. The number of aromatic nitrogens is 1. The van der Waals surface area contributed by atoms with E-state index in [0.29, 0.717) is 37.1 Å². The van der Waals surface area contributed by atoms with E-state index in [0.717, 1.165) is 6.54 Å². The first-order valence-corrected chi connectivity index (χ1v) is 6.36. The third kappa shape index (κ3) is 4.41. The first-order chi connectivity index (χ1) is 8.54. The third-order valence-corrected chi connectivity index (χ3v) is 2.47. The Labute approximate surface area is 108 Å². The summed E-state index contributed by atoms with van der Waals surface area (Å²) in [7, 11) is 0. The van der Waals surface area contributed by atoms with E-state index in [1.165, 1.54) is 0 Å². The molecule has 0 atom stereocenters. The second kappa shape index (κ2) is 7.06. The Hall–Kier alpha value is -1.49. The van der Waals surface area contributed by atoms with Gasteiger partial charge in [-0.25, -0.2) is 0 Å². The van der Waals surface area contributed by atoms with Gasteiger partial charge in [0.05, 0.1) is 12.3 Å². The van der Waals surface area contributed by atoms with Gasteiger partial charge in [0.2, 0.25) is 0 Å². The summed E-state index contributed by atoms with van der Waals surface area (Å²) in [6.45, 7) is 8.65. The molecule has 0 spiro atoms. The monoisotopic (exact) mass is 253 g/mol. The third-order valence-electron chi connectivity index (χ3n) is 2.47. The zero-order chi connectivity index (χ0) is 13.5. The van der Waals surface area contributed by atoms with Gasteiger partial charge in [0, 0.05) is 25.9 Å². The number of carbonyl (C=O) groups excluding carboxylic acids is 1. The average Bonchev–Trinajstić information content (AvgIpc) is 2.69. The quantitative estimate of drug-likeness (QED) is 0.723. The largest absolute Gasteiger partial charge is 0.397 e. The van der Waals surface area contributed by atoms with Crippen LogP contribution >= 0.6 is 0 Å². The molecule has 1 amide bonds. The van der Waals surface area contributed by atoms with E-state index >= 15 is 0 Å². The molecular formula is C13H23N3O2. The fourth-order valence-corrected chi connectivity index (χ4v) is 1.63. The van der Waals surface area contributed by atoms with Gasteiger partial charge >= 0.3 is 0 Å². The number of hydrogen-bond acceptors (Lipinski definition) is 3. The van der Waals surface area contributed by atoms with Gasteiger partial charge in [-0.1, -0.05) is 13.8 Å². The van der Waals surface area contributed by atoms with Crippen LogP contribution in [0.1, 0.15) is 31.3 Å². The van der Waals surface area contributed by atoms with Gasteiger partial charge in [0.25, 0.3) is 5.91 Å². The lowest BCUT2D eigenvalue weighted by Gasteiger charge is -2.09. The van der Waals surface area contributed by atoms with E-state index in [9.17, 15) is 4.79 Å². The van der Waals surface area contributed by atoms with Crippen LogP contribution in [0.5, 0.6) is 0 Å². The second-order valence-electron chi connectivity index (χ2n) is 4.67. The predicted molar refractivity (Wildman–Crippen MR) is 72.5 cm³/mol. The summed E-state index contributed by atoms with van der Waals surface area (Å²) < 4.78 is 7.23. The van der Waals surface area contributed by atoms with Crippen LogP contribution in [-0.2, 0) is 11.3 Å². The van der Waals surface area contributed by atoms with Crippen LogP contribution in [0.2, 0.25) is 0 Å². The van der Waals surface area contributed by atoms with E-state index < -0.39 is 0 Å². The van der Waals surface area contributed by atoms with Gasteiger partial charge < -0.3 is 20.4 Å². The second-order valence-corrected chi connectivity index (χ2v) is 4.67. The molecule has 0 radical (unpaired) electrons. The molecular weight excluding hydrogens is 230 g/mol. The number of anilines is 1. The molecule has 5 heteroatoms. The number of nitrogens with two attached hydrogens (primary N) is 1. The number of nitrogens with zero attached hydrogens (tertiary/aromatic N) is 1. The Morgan fingerprint density at radius 3 is 2.89 bits per heavy atom. The molecule has 5 nitrogen and oxygen atoms in total. The molecule has 1 heterocycles. The number of hydrogen-bond donors (Lipinski definition) is 2. The number of nitrogens with one attached hydrogen (secondary N) is 1. The van der Waals surface area contributed by atoms with E-state index in [2.05, 4.69) is 19.2 Å². The lowest BCUT2D eigenvalue weighted by atomic mass is 10.2. The highest BCUT2D eigenvalue weighted by atomic mass is 16.5. The Balaban J connectivity index is 2.36. The van der Waals surface area contributed by atoms with Crippen molar-refractivity contribution in [1.82, 2.24) is 9.88 Å². The Kier molecular flexibility index (Phi) is 5.71. The normalized spacial score (nSPS) is 10.9. The smallest absolute Gasteiger partial charge is 0.268 e. The van der Waals surface area contributed by atoms with Crippen LogP contribution in [0.25, 0.3) is 0 Å². The van der Waals surface area contributed by atoms with Crippen LogP contribution < -0.4 is 11.1 Å². The first kappa shape index (κ1) is 14.6.